The van der Waals surface area contributed by atoms with Crippen LogP contribution in [0.15, 0.2) is 29.1 Å². The van der Waals surface area contributed by atoms with Crippen LogP contribution >= 0.6 is 0 Å². The molecule has 1 aromatic carbocycles. The highest BCUT2D eigenvalue weighted by Gasteiger charge is 2.52. The Labute approximate surface area is 151 Å². The Morgan fingerprint density at radius 2 is 2.15 bits per heavy atom. The Morgan fingerprint density at radius 1 is 1.35 bits per heavy atom. The van der Waals surface area contributed by atoms with Crippen molar-refractivity contribution in [1.82, 2.24) is 9.88 Å². The molecule has 1 aliphatic carbocycles. The predicted octanol–water partition coefficient (Wildman–Crippen LogP) is 1.98. The number of benzene rings is 1. The number of aliphatic hydroxyl groups excluding tert-OH is 1. The summed E-state index contributed by atoms with van der Waals surface area (Å²) in [4.78, 5) is 30.0. The number of carbonyl (C=O) groups is 1. The lowest BCUT2D eigenvalue weighted by Crippen LogP contribution is -2.52. The molecule has 1 saturated carbocycles. The predicted molar refractivity (Wildman–Crippen MR) is 98.3 cm³/mol. The molecule has 2 heterocycles. The number of likely N-dealkylation sites (tertiary alicyclic amines) is 1. The van der Waals surface area contributed by atoms with E-state index in [1.54, 1.807) is 12.0 Å². The normalized spacial score (nSPS) is 28.3. The molecular formula is C20H24N2O4. The number of aromatic nitrogens is 1. The van der Waals surface area contributed by atoms with Crippen LogP contribution in [0.1, 0.15) is 41.6 Å². The summed E-state index contributed by atoms with van der Waals surface area (Å²) in [7, 11) is 1.69. The molecule has 2 unspecified atom stereocenters. The minimum absolute atomic E-state index is 0.162. The van der Waals surface area contributed by atoms with Gasteiger partial charge >= 0.3 is 0 Å². The van der Waals surface area contributed by atoms with Gasteiger partial charge in [-0.25, -0.2) is 0 Å². The summed E-state index contributed by atoms with van der Waals surface area (Å²) in [5.74, 6) is -0.162. The minimum Gasteiger partial charge on any atom is -0.393 e. The zero-order valence-electron chi connectivity index (χ0n) is 15.1. The Hall–Kier alpha value is -2.18. The number of aromatic amines is 1. The fraction of sp³-hybridized carbons (Fsp3) is 0.500. The van der Waals surface area contributed by atoms with E-state index in [4.69, 9.17) is 4.74 Å². The first-order valence-corrected chi connectivity index (χ1v) is 9.11. The number of aliphatic hydroxyl groups is 1. The molecule has 6 nitrogen and oxygen atoms in total. The van der Waals surface area contributed by atoms with Crippen LogP contribution in [-0.4, -0.2) is 52.3 Å². The van der Waals surface area contributed by atoms with Gasteiger partial charge in [-0.3, -0.25) is 9.59 Å². The molecule has 2 aliphatic rings. The second-order valence-electron chi connectivity index (χ2n) is 7.56. The number of aryl methyl sites for hydroxylation is 1. The number of nitrogens with zero attached hydrogens (tertiary/aromatic N) is 1. The van der Waals surface area contributed by atoms with Gasteiger partial charge in [-0.1, -0.05) is 11.6 Å². The summed E-state index contributed by atoms with van der Waals surface area (Å²) in [6, 6.07) is 6.89. The number of methoxy groups -OCH3 is 1. The van der Waals surface area contributed by atoms with Crippen molar-refractivity contribution < 1.29 is 14.6 Å². The number of carbonyl (C=O) groups excluding carboxylic acids is 1. The molecule has 2 fully saturated rings. The van der Waals surface area contributed by atoms with Gasteiger partial charge in [-0.05, 0) is 44.7 Å². The zero-order valence-corrected chi connectivity index (χ0v) is 15.1. The van der Waals surface area contributed by atoms with Gasteiger partial charge in [-0.15, -0.1) is 0 Å². The fourth-order valence-corrected chi connectivity index (χ4v) is 4.62. The van der Waals surface area contributed by atoms with E-state index in [0.717, 1.165) is 23.8 Å². The highest BCUT2D eigenvalue weighted by atomic mass is 16.5. The molecule has 6 heteroatoms. The van der Waals surface area contributed by atoms with Crippen LogP contribution in [0, 0.1) is 6.92 Å². The van der Waals surface area contributed by atoms with E-state index >= 15 is 0 Å². The Balaban J connectivity index is 1.78. The molecule has 0 bridgehead atoms. The van der Waals surface area contributed by atoms with Gasteiger partial charge in [-0.2, -0.15) is 0 Å². The number of fused-ring (bicyclic) bond motifs is 2. The first-order chi connectivity index (χ1) is 12.4. The summed E-state index contributed by atoms with van der Waals surface area (Å²) < 4.78 is 5.82. The summed E-state index contributed by atoms with van der Waals surface area (Å²) in [6.07, 6.45) is 2.29. The molecule has 138 valence electrons. The van der Waals surface area contributed by atoms with E-state index < -0.39 is 6.10 Å². The van der Waals surface area contributed by atoms with Crippen molar-refractivity contribution in [1.29, 1.82) is 0 Å². The molecule has 4 rings (SSSR count). The van der Waals surface area contributed by atoms with Gasteiger partial charge in [0.15, 0.2) is 0 Å². The van der Waals surface area contributed by atoms with Crippen molar-refractivity contribution in [2.75, 3.05) is 13.7 Å². The van der Waals surface area contributed by atoms with Crippen LogP contribution in [0.4, 0.5) is 0 Å². The van der Waals surface area contributed by atoms with Crippen molar-refractivity contribution in [3.05, 3.63) is 45.7 Å². The third-order valence-corrected chi connectivity index (χ3v) is 6.05. The topological polar surface area (TPSA) is 82.6 Å². The van der Waals surface area contributed by atoms with Gasteiger partial charge in [0, 0.05) is 30.6 Å². The van der Waals surface area contributed by atoms with E-state index in [0.29, 0.717) is 30.5 Å². The number of hydrogen-bond donors (Lipinski definition) is 2. The molecule has 1 aromatic heterocycles. The largest absolute Gasteiger partial charge is 0.393 e. The van der Waals surface area contributed by atoms with Crippen molar-refractivity contribution in [2.24, 2.45) is 0 Å². The molecular weight excluding hydrogens is 332 g/mol. The van der Waals surface area contributed by atoms with Gasteiger partial charge in [0.2, 0.25) is 5.56 Å². The summed E-state index contributed by atoms with van der Waals surface area (Å²) in [5, 5.41) is 10.9. The number of amides is 1. The van der Waals surface area contributed by atoms with Crippen LogP contribution in [-0.2, 0) is 4.74 Å². The van der Waals surface area contributed by atoms with Crippen molar-refractivity contribution in [3.63, 3.8) is 0 Å². The average Bonchev–Trinajstić information content (AvgIpc) is 3.00. The standard InChI is InChI=1S/C20H24N2O4/c1-12-3-4-16-14(9-12)15(11-18(24)21-16)19(25)22-8-7-20(26-2)6-5-13(23)10-17(20)22/h3-4,9,11,13,17,23H,5-8,10H2,1-2H3,(H,21,24)/t13?,17?,20-/m1/s1. The molecule has 0 radical (unpaired) electrons. The second kappa shape index (κ2) is 6.21. The third kappa shape index (κ3) is 2.64. The lowest BCUT2D eigenvalue weighted by atomic mass is 9.79. The Morgan fingerprint density at radius 3 is 2.92 bits per heavy atom. The number of pyridine rings is 1. The molecule has 1 aliphatic heterocycles. The van der Waals surface area contributed by atoms with Gasteiger partial charge < -0.3 is 19.7 Å². The smallest absolute Gasteiger partial charge is 0.255 e. The lowest BCUT2D eigenvalue weighted by molar-refractivity contribution is -0.0824. The van der Waals surface area contributed by atoms with Crippen LogP contribution in [0.5, 0.6) is 0 Å². The fourth-order valence-electron chi connectivity index (χ4n) is 4.62. The van der Waals surface area contributed by atoms with E-state index in [9.17, 15) is 14.7 Å². The molecule has 1 amide bonds. The maximum Gasteiger partial charge on any atom is 0.255 e. The maximum atomic E-state index is 13.4. The summed E-state index contributed by atoms with van der Waals surface area (Å²) in [5.41, 5.74) is 1.43. The number of hydrogen-bond acceptors (Lipinski definition) is 4. The molecule has 0 spiro atoms. The van der Waals surface area contributed by atoms with Crippen LogP contribution < -0.4 is 5.56 Å². The second-order valence-corrected chi connectivity index (χ2v) is 7.56. The first-order valence-electron chi connectivity index (χ1n) is 9.11. The van der Waals surface area contributed by atoms with Crippen molar-refractivity contribution in [2.45, 2.75) is 50.4 Å². The quantitative estimate of drug-likeness (QED) is 0.862. The van der Waals surface area contributed by atoms with Crippen LogP contribution in [0.3, 0.4) is 0 Å². The van der Waals surface area contributed by atoms with E-state index in [-0.39, 0.29) is 23.1 Å². The highest BCUT2D eigenvalue weighted by molar-refractivity contribution is 6.06. The van der Waals surface area contributed by atoms with Crippen molar-refractivity contribution in [3.8, 4) is 0 Å². The van der Waals surface area contributed by atoms with E-state index in [1.807, 2.05) is 25.1 Å². The number of rotatable bonds is 2. The molecule has 26 heavy (non-hydrogen) atoms. The van der Waals surface area contributed by atoms with Gasteiger partial charge in [0.1, 0.15) is 0 Å². The minimum atomic E-state index is -0.421. The number of ether oxygens (including phenoxy) is 1. The van der Waals surface area contributed by atoms with Gasteiger partial charge in [0.05, 0.1) is 23.3 Å². The first kappa shape index (κ1) is 17.2. The monoisotopic (exact) mass is 356 g/mol. The summed E-state index contributed by atoms with van der Waals surface area (Å²) >= 11 is 0. The average molecular weight is 356 g/mol. The van der Waals surface area contributed by atoms with Crippen LogP contribution in [0.25, 0.3) is 10.9 Å². The Kier molecular flexibility index (Phi) is 4.12. The SMILES string of the molecule is CO[C@@]12CCC(O)CC1N(C(=O)c1cc(=O)[nH]c3ccc(C)cc13)CC2. The third-order valence-electron chi connectivity index (χ3n) is 6.05. The number of nitrogens with one attached hydrogen (secondary N) is 1. The van der Waals surface area contributed by atoms with Crippen molar-refractivity contribution >= 4 is 16.8 Å². The van der Waals surface area contributed by atoms with E-state index in [1.165, 1.54) is 6.07 Å². The molecule has 2 N–H and O–H groups in total. The maximum absolute atomic E-state index is 13.4. The van der Waals surface area contributed by atoms with E-state index in [2.05, 4.69) is 4.98 Å². The highest BCUT2D eigenvalue weighted by Crippen LogP contribution is 2.43. The summed E-state index contributed by atoms with van der Waals surface area (Å²) in [6.45, 7) is 2.53. The molecule has 1 saturated heterocycles. The lowest BCUT2D eigenvalue weighted by Gasteiger charge is -2.42. The van der Waals surface area contributed by atoms with Crippen LogP contribution in [0.2, 0.25) is 0 Å². The Bertz CT molecular complexity index is 922. The molecule has 2 aromatic rings. The zero-order chi connectivity index (χ0) is 18.5. The number of H-pyrrole nitrogens is 1. The van der Waals surface area contributed by atoms with Gasteiger partial charge in [0.25, 0.3) is 5.91 Å². The molecule has 3 atom stereocenters.